The lowest BCUT2D eigenvalue weighted by Crippen LogP contribution is -2.39. The van der Waals surface area contributed by atoms with Gasteiger partial charge >= 0.3 is 0 Å². The van der Waals surface area contributed by atoms with Crippen molar-refractivity contribution in [3.05, 3.63) is 4.88 Å². The van der Waals surface area contributed by atoms with Crippen LogP contribution in [0.25, 0.3) is 0 Å². The fourth-order valence-corrected chi connectivity index (χ4v) is 3.73. The molecule has 1 aliphatic rings. The number of thiazole rings is 1. The van der Waals surface area contributed by atoms with Crippen LogP contribution in [-0.4, -0.2) is 42.5 Å². The highest BCUT2D eigenvalue weighted by atomic mass is 32.1. The van der Waals surface area contributed by atoms with E-state index in [4.69, 9.17) is 5.73 Å². The van der Waals surface area contributed by atoms with Crippen LogP contribution in [0.1, 0.15) is 49.2 Å². The van der Waals surface area contributed by atoms with Crippen molar-refractivity contribution in [2.45, 2.75) is 39.5 Å². The zero-order valence-corrected chi connectivity index (χ0v) is 14.1. The highest BCUT2D eigenvalue weighted by Crippen LogP contribution is 2.30. The van der Waals surface area contributed by atoms with Crippen molar-refractivity contribution in [3.8, 4) is 0 Å². The molecule has 6 heteroatoms. The molecular formula is C15H26N4OS. The lowest BCUT2D eigenvalue weighted by atomic mass is 9.95. The number of hydrogen-bond acceptors (Lipinski definition) is 5. The maximum atomic E-state index is 12.7. The first-order valence-electron chi connectivity index (χ1n) is 7.83. The molecule has 5 nitrogen and oxygen atoms in total. The van der Waals surface area contributed by atoms with Crippen molar-refractivity contribution < 1.29 is 4.79 Å². The largest absolute Gasteiger partial charge is 0.382 e. The van der Waals surface area contributed by atoms with Gasteiger partial charge in [0.05, 0.1) is 0 Å². The molecule has 0 aromatic carbocycles. The number of hydrogen-bond donors (Lipinski definition) is 1. The molecule has 2 heterocycles. The van der Waals surface area contributed by atoms with Crippen molar-refractivity contribution in [2.75, 3.05) is 37.3 Å². The zero-order valence-electron chi connectivity index (χ0n) is 13.3. The molecule has 0 bridgehead atoms. The summed E-state index contributed by atoms with van der Waals surface area (Å²) in [5, 5.41) is 0.835. The van der Waals surface area contributed by atoms with Gasteiger partial charge in [-0.3, -0.25) is 4.79 Å². The molecule has 2 rings (SSSR count). The topological polar surface area (TPSA) is 62.5 Å². The normalized spacial score (nSPS) is 18.8. The Labute approximate surface area is 131 Å². The van der Waals surface area contributed by atoms with Gasteiger partial charge in [-0.25, -0.2) is 4.98 Å². The van der Waals surface area contributed by atoms with Crippen LogP contribution in [0, 0.1) is 5.92 Å². The third-order valence-corrected chi connectivity index (χ3v) is 5.28. The fraction of sp³-hybridized carbons (Fsp3) is 0.733. The average molecular weight is 310 g/mol. The first-order chi connectivity index (χ1) is 10.1. The quantitative estimate of drug-likeness (QED) is 0.908. The molecule has 1 unspecified atom stereocenters. The van der Waals surface area contributed by atoms with Crippen LogP contribution in [0.5, 0.6) is 0 Å². The van der Waals surface area contributed by atoms with E-state index in [9.17, 15) is 4.79 Å². The number of nitrogen functional groups attached to an aromatic ring is 1. The zero-order chi connectivity index (χ0) is 15.4. The molecule has 1 amide bonds. The lowest BCUT2D eigenvalue weighted by molar-refractivity contribution is 0.0677. The second-order valence-electron chi connectivity index (χ2n) is 5.80. The smallest absolute Gasteiger partial charge is 0.267 e. The van der Waals surface area contributed by atoms with Gasteiger partial charge in [0.15, 0.2) is 5.13 Å². The molecule has 1 saturated heterocycles. The predicted octanol–water partition coefficient (Wildman–Crippen LogP) is 2.83. The van der Waals surface area contributed by atoms with E-state index in [1.807, 2.05) is 11.9 Å². The van der Waals surface area contributed by atoms with Crippen molar-refractivity contribution >= 4 is 28.2 Å². The number of rotatable bonds is 5. The molecule has 1 atom stereocenters. The SMILES string of the molecule is CCCN(C)c1nc(N)c(C(=O)N2CCCC(CC)C2)s1. The minimum Gasteiger partial charge on any atom is -0.382 e. The highest BCUT2D eigenvalue weighted by molar-refractivity contribution is 7.18. The summed E-state index contributed by atoms with van der Waals surface area (Å²) in [6.45, 7) is 6.93. The molecule has 0 aliphatic carbocycles. The Morgan fingerprint density at radius 3 is 2.95 bits per heavy atom. The van der Waals surface area contributed by atoms with Crippen LogP contribution in [-0.2, 0) is 0 Å². The maximum Gasteiger partial charge on any atom is 0.267 e. The molecule has 21 heavy (non-hydrogen) atoms. The van der Waals surface area contributed by atoms with Gasteiger partial charge in [-0.05, 0) is 25.2 Å². The highest BCUT2D eigenvalue weighted by Gasteiger charge is 2.27. The molecule has 118 valence electrons. The second-order valence-corrected chi connectivity index (χ2v) is 6.78. The molecule has 1 aromatic heterocycles. The van der Waals surface area contributed by atoms with Crippen molar-refractivity contribution in [3.63, 3.8) is 0 Å². The average Bonchev–Trinajstić information content (AvgIpc) is 2.89. The van der Waals surface area contributed by atoms with Crippen LogP contribution in [0.3, 0.4) is 0 Å². The van der Waals surface area contributed by atoms with E-state index in [0.29, 0.717) is 16.6 Å². The Kier molecular flexibility index (Phi) is 5.45. The summed E-state index contributed by atoms with van der Waals surface area (Å²) in [5.74, 6) is 1.06. The monoisotopic (exact) mass is 310 g/mol. The third kappa shape index (κ3) is 3.67. The number of amides is 1. The van der Waals surface area contributed by atoms with Gasteiger partial charge in [0.2, 0.25) is 0 Å². The molecule has 1 aliphatic heterocycles. The van der Waals surface area contributed by atoms with E-state index in [2.05, 4.69) is 23.7 Å². The van der Waals surface area contributed by atoms with Crippen molar-refractivity contribution in [1.29, 1.82) is 0 Å². The molecular weight excluding hydrogens is 284 g/mol. The van der Waals surface area contributed by atoms with Crippen LogP contribution < -0.4 is 10.6 Å². The minimum atomic E-state index is 0.0549. The summed E-state index contributed by atoms with van der Waals surface area (Å²) in [6.07, 6.45) is 4.49. The van der Waals surface area contributed by atoms with Gasteiger partial charge in [0.1, 0.15) is 10.7 Å². The predicted molar refractivity (Wildman–Crippen MR) is 89.0 cm³/mol. The van der Waals surface area contributed by atoms with Gasteiger partial charge < -0.3 is 15.5 Å². The van der Waals surface area contributed by atoms with E-state index in [1.165, 1.54) is 17.8 Å². The van der Waals surface area contributed by atoms with Crippen LogP contribution in [0.2, 0.25) is 0 Å². The number of aromatic nitrogens is 1. The summed E-state index contributed by atoms with van der Waals surface area (Å²) in [7, 11) is 1.99. The first-order valence-corrected chi connectivity index (χ1v) is 8.65. The van der Waals surface area contributed by atoms with E-state index >= 15 is 0 Å². The Morgan fingerprint density at radius 1 is 1.52 bits per heavy atom. The van der Waals surface area contributed by atoms with Gasteiger partial charge in [-0.2, -0.15) is 0 Å². The number of nitrogens with two attached hydrogens (primary N) is 1. The summed E-state index contributed by atoms with van der Waals surface area (Å²) in [6, 6.07) is 0. The summed E-state index contributed by atoms with van der Waals surface area (Å²) < 4.78 is 0. The summed E-state index contributed by atoms with van der Waals surface area (Å²) in [4.78, 5) is 21.6. The van der Waals surface area contributed by atoms with Crippen LogP contribution in [0.15, 0.2) is 0 Å². The molecule has 0 spiro atoms. The van der Waals surface area contributed by atoms with Crippen molar-refractivity contribution in [2.24, 2.45) is 5.92 Å². The summed E-state index contributed by atoms with van der Waals surface area (Å²) in [5.41, 5.74) is 5.98. The first kappa shape index (κ1) is 16.1. The number of carbonyl (C=O) groups is 1. The molecule has 1 aromatic rings. The van der Waals surface area contributed by atoms with Gasteiger partial charge in [0, 0.05) is 26.7 Å². The Hall–Kier alpha value is -1.30. The fourth-order valence-electron chi connectivity index (χ4n) is 2.79. The lowest BCUT2D eigenvalue weighted by Gasteiger charge is -2.32. The van der Waals surface area contributed by atoms with Crippen LogP contribution >= 0.6 is 11.3 Å². The summed E-state index contributed by atoms with van der Waals surface area (Å²) >= 11 is 1.42. The van der Waals surface area contributed by atoms with E-state index in [0.717, 1.165) is 44.0 Å². The van der Waals surface area contributed by atoms with Gasteiger partial charge in [-0.1, -0.05) is 31.6 Å². The number of carbonyl (C=O) groups excluding carboxylic acids is 1. The van der Waals surface area contributed by atoms with Crippen LogP contribution in [0.4, 0.5) is 10.9 Å². The van der Waals surface area contributed by atoms with E-state index in [1.54, 1.807) is 0 Å². The van der Waals surface area contributed by atoms with Gasteiger partial charge in [0.25, 0.3) is 5.91 Å². The minimum absolute atomic E-state index is 0.0549. The second kappa shape index (κ2) is 7.11. The molecule has 0 radical (unpaired) electrons. The van der Waals surface area contributed by atoms with E-state index in [-0.39, 0.29) is 5.91 Å². The third-order valence-electron chi connectivity index (χ3n) is 4.11. The van der Waals surface area contributed by atoms with Gasteiger partial charge in [-0.15, -0.1) is 0 Å². The maximum absolute atomic E-state index is 12.7. The van der Waals surface area contributed by atoms with Crippen molar-refractivity contribution in [1.82, 2.24) is 9.88 Å². The standard InChI is InChI=1S/C15H26N4OS/c1-4-8-18(3)15-17-13(16)12(21-15)14(20)19-9-6-7-11(5-2)10-19/h11H,4-10,16H2,1-3H3. The van der Waals surface area contributed by atoms with E-state index < -0.39 is 0 Å². The number of anilines is 2. The number of likely N-dealkylation sites (tertiary alicyclic amines) is 1. The Balaban J connectivity index is 2.12. The molecule has 2 N–H and O–H groups in total. The number of piperidine rings is 1. The Morgan fingerprint density at radius 2 is 2.29 bits per heavy atom. The molecule has 1 fully saturated rings. The molecule has 0 saturated carbocycles. The number of nitrogens with zero attached hydrogens (tertiary/aromatic N) is 3. The Bertz CT molecular complexity index is 488.